The van der Waals surface area contributed by atoms with Crippen LogP contribution in [0, 0.1) is 16.4 Å². The van der Waals surface area contributed by atoms with Crippen molar-refractivity contribution in [1.29, 1.82) is 0 Å². The number of rotatable bonds is 4. The smallest absolute Gasteiger partial charge is 0.0629 e. The van der Waals surface area contributed by atoms with Gasteiger partial charge in [-0.25, -0.2) is 0 Å². The Morgan fingerprint density at radius 2 is 2.00 bits per heavy atom. The van der Waals surface area contributed by atoms with Crippen LogP contribution >= 0.6 is 33.9 Å². The molecule has 2 rings (SSSR count). The van der Waals surface area contributed by atoms with Crippen LogP contribution in [0.5, 0.6) is 0 Å². The average molecular weight is 371 g/mol. The van der Waals surface area contributed by atoms with Crippen molar-refractivity contribution in [1.82, 2.24) is 0 Å². The fraction of sp³-hybridized carbons (Fsp3) is 0.333. The van der Waals surface area contributed by atoms with Crippen LogP contribution in [0.3, 0.4) is 0 Å². The van der Waals surface area contributed by atoms with E-state index in [-0.39, 0.29) is 0 Å². The van der Waals surface area contributed by atoms with Gasteiger partial charge in [0.2, 0.25) is 0 Å². The molecule has 0 saturated heterocycles. The van der Waals surface area contributed by atoms with Crippen molar-refractivity contribution in [2.24, 2.45) is 5.92 Å². The van der Waals surface area contributed by atoms with Gasteiger partial charge in [0.15, 0.2) is 0 Å². The van der Waals surface area contributed by atoms with Gasteiger partial charge in [-0.1, -0.05) is 26.0 Å². The summed E-state index contributed by atoms with van der Waals surface area (Å²) in [5.74, 6) is 0.572. The summed E-state index contributed by atoms with van der Waals surface area (Å²) >= 11 is 4.21. The fourth-order valence-electron chi connectivity index (χ4n) is 1.90. The molecule has 2 aromatic rings. The van der Waals surface area contributed by atoms with Crippen LogP contribution in [-0.2, 0) is 0 Å². The topological polar surface area (TPSA) is 12.0 Å². The monoisotopic (exact) mass is 371 g/mol. The normalized spacial score (nSPS) is 12.7. The highest BCUT2D eigenvalue weighted by atomic mass is 127. The maximum absolute atomic E-state index is 3.65. The molecule has 0 aliphatic carbocycles. The minimum absolute atomic E-state index is 0.392. The van der Waals surface area contributed by atoms with Gasteiger partial charge in [-0.05, 0) is 64.6 Å². The Labute approximate surface area is 127 Å². The van der Waals surface area contributed by atoms with E-state index >= 15 is 0 Å². The van der Waals surface area contributed by atoms with Crippen molar-refractivity contribution in [3.63, 3.8) is 0 Å². The number of anilines is 1. The van der Waals surface area contributed by atoms with E-state index in [0.29, 0.717) is 12.0 Å². The van der Waals surface area contributed by atoms with Crippen molar-refractivity contribution in [3.05, 3.63) is 49.7 Å². The Balaban J connectivity index is 2.21. The second-order valence-electron chi connectivity index (χ2n) is 4.85. The van der Waals surface area contributed by atoms with Gasteiger partial charge < -0.3 is 5.32 Å². The van der Waals surface area contributed by atoms with Crippen molar-refractivity contribution < 1.29 is 0 Å². The summed E-state index contributed by atoms with van der Waals surface area (Å²) in [6.07, 6.45) is 0. The van der Waals surface area contributed by atoms with Gasteiger partial charge in [-0.15, -0.1) is 11.3 Å². The predicted molar refractivity (Wildman–Crippen MR) is 89.4 cm³/mol. The maximum atomic E-state index is 3.65. The first-order chi connectivity index (χ1) is 8.58. The first kappa shape index (κ1) is 13.9. The van der Waals surface area contributed by atoms with Crippen LogP contribution in [0.2, 0.25) is 0 Å². The molecule has 1 nitrogen and oxygen atoms in total. The third-order valence-corrected chi connectivity index (χ3v) is 5.13. The van der Waals surface area contributed by atoms with Gasteiger partial charge in [0, 0.05) is 14.1 Å². The lowest BCUT2D eigenvalue weighted by Gasteiger charge is -2.22. The molecular formula is C15H18INS. The van der Waals surface area contributed by atoms with E-state index in [1.165, 1.54) is 19.7 Å². The summed E-state index contributed by atoms with van der Waals surface area (Å²) in [7, 11) is 0. The predicted octanol–water partition coefficient (Wildman–Crippen LogP) is 5.47. The molecule has 0 aliphatic rings. The van der Waals surface area contributed by atoms with Crippen molar-refractivity contribution in [3.8, 4) is 0 Å². The van der Waals surface area contributed by atoms with Crippen molar-refractivity contribution in [2.75, 3.05) is 5.32 Å². The number of hydrogen-bond acceptors (Lipinski definition) is 2. The fourth-order valence-corrected chi connectivity index (χ4v) is 3.36. The van der Waals surface area contributed by atoms with Gasteiger partial charge in [-0.3, -0.25) is 0 Å². The zero-order valence-electron chi connectivity index (χ0n) is 10.9. The summed E-state index contributed by atoms with van der Waals surface area (Å²) in [6.45, 7) is 6.66. The third kappa shape index (κ3) is 3.26. The largest absolute Gasteiger partial charge is 0.377 e. The number of nitrogens with one attached hydrogen (secondary N) is 1. The lowest BCUT2D eigenvalue weighted by atomic mass is 10.0. The van der Waals surface area contributed by atoms with Gasteiger partial charge in [-0.2, -0.15) is 0 Å². The molecule has 0 aliphatic heterocycles. The lowest BCUT2D eigenvalue weighted by molar-refractivity contribution is 0.554. The standard InChI is InChI=1S/C15H18INS/c1-10(2)15(14-5-4-8-18-14)17-12-7-6-11(3)13(16)9-12/h4-10,15,17H,1-3H3. The van der Waals surface area contributed by atoms with E-state index in [4.69, 9.17) is 0 Å². The molecule has 0 saturated carbocycles. The van der Waals surface area contributed by atoms with E-state index in [1.807, 2.05) is 11.3 Å². The van der Waals surface area contributed by atoms with Crippen LogP contribution in [-0.4, -0.2) is 0 Å². The van der Waals surface area contributed by atoms with Gasteiger partial charge in [0.1, 0.15) is 0 Å². The van der Waals surface area contributed by atoms with Gasteiger partial charge in [0.05, 0.1) is 6.04 Å². The van der Waals surface area contributed by atoms with E-state index in [2.05, 4.69) is 84.4 Å². The molecule has 0 amide bonds. The van der Waals surface area contributed by atoms with Crippen LogP contribution in [0.15, 0.2) is 35.7 Å². The highest BCUT2D eigenvalue weighted by Gasteiger charge is 2.16. The zero-order chi connectivity index (χ0) is 13.1. The van der Waals surface area contributed by atoms with Crippen LogP contribution in [0.25, 0.3) is 0 Å². The number of hydrogen-bond donors (Lipinski definition) is 1. The Hall–Kier alpha value is -0.550. The first-order valence-corrected chi connectivity index (χ1v) is 8.10. The molecule has 96 valence electrons. The number of halogens is 1. The molecule has 3 heteroatoms. The molecule has 0 spiro atoms. The second-order valence-corrected chi connectivity index (χ2v) is 6.99. The third-order valence-electron chi connectivity index (χ3n) is 3.01. The highest BCUT2D eigenvalue weighted by molar-refractivity contribution is 14.1. The number of thiophene rings is 1. The van der Waals surface area contributed by atoms with Gasteiger partial charge >= 0.3 is 0 Å². The minimum Gasteiger partial charge on any atom is -0.377 e. The summed E-state index contributed by atoms with van der Waals surface area (Å²) in [5.41, 5.74) is 2.54. The van der Waals surface area contributed by atoms with Crippen molar-refractivity contribution in [2.45, 2.75) is 26.8 Å². The molecule has 1 heterocycles. The highest BCUT2D eigenvalue weighted by Crippen LogP contribution is 2.30. The Bertz CT molecular complexity index is 505. The van der Waals surface area contributed by atoms with Crippen LogP contribution in [0.4, 0.5) is 5.69 Å². The Morgan fingerprint density at radius 1 is 1.22 bits per heavy atom. The average Bonchev–Trinajstić information content (AvgIpc) is 2.83. The second kappa shape index (κ2) is 6.06. The molecular weight excluding hydrogens is 353 g/mol. The Morgan fingerprint density at radius 3 is 2.56 bits per heavy atom. The first-order valence-electron chi connectivity index (χ1n) is 6.14. The summed E-state index contributed by atoms with van der Waals surface area (Å²) < 4.78 is 1.31. The summed E-state index contributed by atoms with van der Waals surface area (Å²) in [6, 6.07) is 11.3. The Kier molecular flexibility index (Phi) is 4.67. The maximum Gasteiger partial charge on any atom is 0.0629 e. The molecule has 0 bridgehead atoms. The van der Waals surface area contributed by atoms with E-state index in [1.54, 1.807) is 0 Å². The van der Waals surface area contributed by atoms with Crippen molar-refractivity contribution >= 4 is 39.6 Å². The molecule has 1 aromatic carbocycles. The SMILES string of the molecule is Cc1ccc(NC(c2cccs2)C(C)C)cc1I. The number of benzene rings is 1. The zero-order valence-corrected chi connectivity index (χ0v) is 13.9. The summed E-state index contributed by atoms with van der Waals surface area (Å²) in [4.78, 5) is 1.40. The van der Waals surface area contributed by atoms with Crippen LogP contribution in [0.1, 0.15) is 30.3 Å². The number of aryl methyl sites for hydroxylation is 1. The molecule has 1 unspecified atom stereocenters. The molecule has 0 radical (unpaired) electrons. The van der Waals surface area contributed by atoms with E-state index in [9.17, 15) is 0 Å². The van der Waals surface area contributed by atoms with E-state index < -0.39 is 0 Å². The van der Waals surface area contributed by atoms with Gasteiger partial charge in [0.25, 0.3) is 0 Å². The van der Waals surface area contributed by atoms with Crippen LogP contribution < -0.4 is 5.32 Å². The molecule has 1 atom stereocenters. The molecule has 1 aromatic heterocycles. The minimum atomic E-state index is 0.392. The molecule has 18 heavy (non-hydrogen) atoms. The summed E-state index contributed by atoms with van der Waals surface area (Å²) in [5, 5.41) is 5.80. The van der Waals surface area contributed by atoms with E-state index in [0.717, 1.165) is 0 Å². The molecule has 0 fully saturated rings. The molecule has 1 N–H and O–H groups in total. The quantitative estimate of drug-likeness (QED) is 0.703. The lowest BCUT2D eigenvalue weighted by Crippen LogP contribution is -2.15.